The second kappa shape index (κ2) is 10.9. The average Bonchev–Trinajstić information content (AvgIpc) is 3.21. The summed E-state index contributed by atoms with van der Waals surface area (Å²) in [4.78, 5) is 12.4. The molecule has 1 heterocycles. The molecule has 3 aromatic carbocycles. The molecule has 0 saturated heterocycles. The highest BCUT2D eigenvalue weighted by atomic mass is 32.2. The molecule has 1 aromatic heterocycles. The average molecular weight is 492 g/mol. The fourth-order valence-electron chi connectivity index (χ4n) is 4.05. The topological polar surface area (TPSA) is 76.8 Å². The minimum absolute atomic E-state index is 0.0985. The lowest BCUT2D eigenvalue weighted by Crippen LogP contribution is -2.34. The number of carbonyl (C=O) groups is 1. The van der Waals surface area contributed by atoms with E-state index in [2.05, 4.69) is 0 Å². The van der Waals surface area contributed by atoms with Crippen molar-refractivity contribution in [3.05, 3.63) is 101 Å². The molecule has 0 saturated carbocycles. The van der Waals surface area contributed by atoms with Gasteiger partial charge in [-0.25, -0.2) is 13.2 Å². The molecule has 0 unspecified atom stereocenters. The van der Waals surface area contributed by atoms with E-state index in [4.69, 9.17) is 9.15 Å². The van der Waals surface area contributed by atoms with Crippen molar-refractivity contribution >= 4 is 27.0 Å². The van der Waals surface area contributed by atoms with E-state index in [0.29, 0.717) is 42.5 Å². The standard InChI is InChI=1S/C28H29NO5S/c1-3-33-28(30)27-21(2)25-20-24(14-15-26(25)34-27)35(31,32)29(18-16-22-10-6-4-7-11-22)19-17-23-12-8-5-9-13-23/h4-15,20H,3,16-19H2,1-2H3. The molecule has 4 rings (SSSR count). The van der Waals surface area contributed by atoms with Gasteiger partial charge in [-0.3, -0.25) is 0 Å². The van der Waals surface area contributed by atoms with Crippen LogP contribution in [0.3, 0.4) is 0 Å². The molecule has 4 aromatic rings. The first kappa shape index (κ1) is 24.7. The molecule has 0 fully saturated rings. The number of esters is 1. The van der Waals surface area contributed by atoms with Gasteiger partial charge in [0.25, 0.3) is 0 Å². The van der Waals surface area contributed by atoms with Gasteiger partial charge in [0.05, 0.1) is 11.5 Å². The first-order chi connectivity index (χ1) is 16.9. The third kappa shape index (κ3) is 5.63. The fourth-order valence-corrected chi connectivity index (χ4v) is 5.52. The van der Waals surface area contributed by atoms with E-state index in [-0.39, 0.29) is 17.3 Å². The Bertz CT molecular complexity index is 1350. The molecule has 7 heteroatoms. The highest BCUT2D eigenvalue weighted by molar-refractivity contribution is 7.89. The SMILES string of the molecule is CCOC(=O)c1oc2ccc(S(=O)(=O)N(CCc3ccccc3)CCc3ccccc3)cc2c1C. The van der Waals surface area contributed by atoms with Gasteiger partial charge in [0.15, 0.2) is 0 Å². The Hall–Kier alpha value is -3.42. The van der Waals surface area contributed by atoms with Crippen LogP contribution < -0.4 is 0 Å². The first-order valence-electron chi connectivity index (χ1n) is 11.7. The van der Waals surface area contributed by atoms with Crippen LogP contribution in [-0.4, -0.2) is 38.4 Å². The summed E-state index contributed by atoms with van der Waals surface area (Å²) in [6.45, 7) is 4.40. The van der Waals surface area contributed by atoms with Crippen LogP contribution in [0, 0.1) is 6.92 Å². The zero-order valence-corrected chi connectivity index (χ0v) is 20.8. The lowest BCUT2D eigenvalue weighted by atomic mass is 10.1. The number of aryl methyl sites for hydroxylation is 1. The number of benzene rings is 3. The zero-order chi connectivity index (χ0) is 24.8. The van der Waals surface area contributed by atoms with Crippen molar-refractivity contribution in [3.8, 4) is 0 Å². The minimum Gasteiger partial charge on any atom is -0.460 e. The molecular weight excluding hydrogens is 462 g/mol. The zero-order valence-electron chi connectivity index (χ0n) is 19.9. The number of ether oxygens (including phenoxy) is 1. The largest absolute Gasteiger partial charge is 0.460 e. The molecule has 182 valence electrons. The van der Waals surface area contributed by atoms with Gasteiger partial charge < -0.3 is 9.15 Å². The van der Waals surface area contributed by atoms with Crippen molar-refractivity contribution < 1.29 is 22.4 Å². The van der Waals surface area contributed by atoms with E-state index in [1.54, 1.807) is 26.0 Å². The van der Waals surface area contributed by atoms with Gasteiger partial charge in [-0.05, 0) is 56.0 Å². The molecular formula is C28H29NO5S. The van der Waals surface area contributed by atoms with E-state index in [9.17, 15) is 13.2 Å². The molecule has 0 aliphatic heterocycles. The van der Waals surface area contributed by atoms with Gasteiger partial charge in [0.2, 0.25) is 15.8 Å². The summed E-state index contributed by atoms with van der Waals surface area (Å²) < 4.78 is 39.8. The summed E-state index contributed by atoms with van der Waals surface area (Å²) >= 11 is 0. The van der Waals surface area contributed by atoms with Crippen molar-refractivity contribution in [2.45, 2.75) is 31.6 Å². The summed E-state index contributed by atoms with van der Waals surface area (Å²) in [5.41, 5.74) is 3.17. The number of hydrogen-bond donors (Lipinski definition) is 0. The van der Waals surface area contributed by atoms with Gasteiger partial charge in [-0.2, -0.15) is 4.31 Å². The van der Waals surface area contributed by atoms with Gasteiger partial charge >= 0.3 is 5.97 Å². The number of rotatable bonds is 10. The summed E-state index contributed by atoms with van der Waals surface area (Å²) in [5, 5.41) is 0.584. The van der Waals surface area contributed by atoms with Crippen LogP contribution in [0.2, 0.25) is 0 Å². The molecule has 0 spiro atoms. The number of sulfonamides is 1. The molecule has 35 heavy (non-hydrogen) atoms. The highest BCUT2D eigenvalue weighted by Crippen LogP contribution is 2.29. The van der Waals surface area contributed by atoms with Crippen molar-refractivity contribution in [1.82, 2.24) is 4.31 Å². The lowest BCUT2D eigenvalue weighted by molar-refractivity contribution is 0.0491. The minimum atomic E-state index is -3.80. The Morgan fingerprint density at radius 3 is 2.00 bits per heavy atom. The first-order valence-corrected chi connectivity index (χ1v) is 13.1. The Morgan fingerprint density at radius 1 is 0.886 bits per heavy atom. The van der Waals surface area contributed by atoms with Crippen LogP contribution in [0.4, 0.5) is 0 Å². The summed E-state index contributed by atoms with van der Waals surface area (Å²) in [7, 11) is -3.80. The smallest absolute Gasteiger partial charge is 0.374 e. The maximum absolute atomic E-state index is 13.8. The van der Waals surface area contributed by atoms with Crippen LogP contribution in [0.15, 0.2) is 88.2 Å². The van der Waals surface area contributed by atoms with E-state index < -0.39 is 16.0 Å². The summed E-state index contributed by atoms with van der Waals surface area (Å²) in [6, 6.07) is 24.4. The van der Waals surface area contributed by atoms with Gasteiger partial charge in [0, 0.05) is 24.0 Å². The lowest BCUT2D eigenvalue weighted by Gasteiger charge is -2.22. The van der Waals surface area contributed by atoms with Crippen LogP contribution in [-0.2, 0) is 27.6 Å². The van der Waals surface area contributed by atoms with Crippen LogP contribution >= 0.6 is 0 Å². The third-order valence-electron chi connectivity index (χ3n) is 5.99. The number of carbonyl (C=O) groups excluding carboxylic acids is 1. The fraction of sp³-hybridized carbons (Fsp3) is 0.250. The van der Waals surface area contributed by atoms with E-state index in [0.717, 1.165) is 11.1 Å². The van der Waals surface area contributed by atoms with E-state index in [1.807, 2.05) is 60.7 Å². The number of furan rings is 1. The number of hydrogen-bond acceptors (Lipinski definition) is 5. The Morgan fingerprint density at radius 2 is 1.46 bits per heavy atom. The quantitative estimate of drug-likeness (QED) is 0.278. The van der Waals surface area contributed by atoms with Crippen LogP contribution in [0.1, 0.15) is 34.2 Å². The summed E-state index contributed by atoms with van der Waals surface area (Å²) in [5.74, 6) is -0.459. The molecule has 0 radical (unpaired) electrons. The molecule has 0 N–H and O–H groups in total. The Labute approximate surface area is 206 Å². The van der Waals surface area contributed by atoms with Crippen molar-refractivity contribution in [1.29, 1.82) is 0 Å². The van der Waals surface area contributed by atoms with Crippen molar-refractivity contribution in [3.63, 3.8) is 0 Å². The second-order valence-corrected chi connectivity index (χ2v) is 10.2. The predicted octanol–water partition coefficient (Wildman–Crippen LogP) is 5.39. The Balaban J connectivity index is 1.65. The predicted molar refractivity (Wildman–Crippen MR) is 136 cm³/mol. The third-order valence-corrected chi connectivity index (χ3v) is 7.89. The number of fused-ring (bicyclic) bond motifs is 1. The van der Waals surface area contributed by atoms with Gasteiger partial charge in [-0.1, -0.05) is 60.7 Å². The molecule has 6 nitrogen and oxygen atoms in total. The van der Waals surface area contributed by atoms with Crippen molar-refractivity contribution in [2.24, 2.45) is 0 Å². The normalized spacial score (nSPS) is 11.7. The Kier molecular flexibility index (Phi) is 7.68. The van der Waals surface area contributed by atoms with Crippen molar-refractivity contribution in [2.75, 3.05) is 19.7 Å². The van der Waals surface area contributed by atoms with Gasteiger partial charge in [0.1, 0.15) is 5.58 Å². The van der Waals surface area contributed by atoms with E-state index >= 15 is 0 Å². The molecule has 0 bridgehead atoms. The monoisotopic (exact) mass is 491 g/mol. The number of nitrogens with zero attached hydrogens (tertiary/aromatic N) is 1. The molecule has 0 atom stereocenters. The molecule has 0 aliphatic carbocycles. The maximum Gasteiger partial charge on any atom is 0.374 e. The second-order valence-electron chi connectivity index (χ2n) is 8.31. The van der Waals surface area contributed by atoms with Crippen LogP contribution in [0.5, 0.6) is 0 Å². The molecule has 0 aliphatic rings. The molecule has 0 amide bonds. The highest BCUT2D eigenvalue weighted by Gasteiger charge is 2.26. The summed E-state index contributed by atoms with van der Waals surface area (Å²) in [6.07, 6.45) is 1.21. The van der Waals surface area contributed by atoms with Gasteiger partial charge in [-0.15, -0.1) is 0 Å². The van der Waals surface area contributed by atoms with E-state index in [1.165, 1.54) is 10.4 Å². The van der Waals surface area contributed by atoms with Crippen LogP contribution in [0.25, 0.3) is 11.0 Å². The maximum atomic E-state index is 13.8.